The van der Waals surface area contributed by atoms with Crippen molar-refractivity contribution in [1.82, 2.24) is 4.90 Å². The minimum atomic E-state index is -4.68. The molecule has 0 amide bonds. The van der Waals surface area contributed by atoms with E-state index in [0.29, 0.717) is 19.5 Å². The summed E-state index contributed by atoms with van der Waals surface area (Å²) in [5.41, 5.74) is -1.18. The van der Waals surface area contributed by atoms with Gasteiger partial charge in [-0.05, 0) is 37.0 Å². The fourth-order valence-electron chi connectivity index (χ4n) is 2.96. The van der Waals surface area contributed by atoms with Gasteiger partial charge in [-0.3, -0.25) is 4.72 Å². The summed E-state index contributed by atoms with van der Waals surface area (Å²) in [5.74, 6) is -1.90. The van der Waals surface area contributed by atoms with Crippen molar-refractivity contribution in [2.24, 2.45) is 0 Å². The van der Waals surface area contributed by atoms with E-state index < -0.39 is 49.4 Å². The van der Waals surface area contributed by atoms with E-state index in [1.54, 1.807) is 0 Å². The van der Waals surface area contributed by atoms with Crippen LogP contribution in [0.25, 0.3) is 0 Å². The van der Waals surface area contributed by atoms with Gasteiger partial charge >= 0.3 is 12.1 Å². The first-order valence-corrected chi connectivity index (χ1v) is 10.7. The first-order valence-electron chi connectivity index (χ1n) is 8.37. The lowest BCUT2D eigenvalue weighted by atomic mass is 10.1. The lowest BCUT2D eigenvalue weighted by Crippen LogP contribution is -2.23. The van der Waals surface area contributed by atoms with Crippen LogP contribution >= 0.6 is 11.3 Å². The Kier molecular flexibility index (Phi) is 5.79. The monoisotopic (exact) mass is 450 g/mol. The van der Waals surface area contributed by atoms with E-state index in [4.69, 9.17) is 9.84 Å². The van der Waals surface area contributed by atoms with Crippen LogP contribution in [0.3, 0.4) is 0 Å². The van der Waals surface area contributed by atoms with Crippen molar-refractivity contribution in [2.45, 2.75) is 23.6 Å². The number of hydrogen-bond acceptors (Lipinski definition) is 6. The third-order valence-corrected chi connectivity index (χ3v) is 6.75. The highest BCUT2D eigenvalue weighted by atomic mass is 32.2. The zero-order chi connectivity index (χ0) is 21.4. The quantitative estimate of drug-likeness (QED) is 0.701. The number of nitrogens with one attached hydrogen (secondary N) is 1. The van der Waals surface area contributed by atoms with E-state index in [0.717, 1.165) is 35.6 Å². The molecule has 1 aliphatic rings. The van der Waals surface area contributed by atoms with Gasteiger partial charge in [0, 0.05) is 19.2 Å². The molecular weight excluding hydrogens is 433 g/mol. The summed E-state index contributed by atoms with van der Waals surface area (Å²) in [6.07, 6.45) is -4.59. The molecule has 12 heteroatoms. The first kappa shape index (κ1) is 21.4. The topological polar surface area (TPSA) is 95.9 Å². The summed E-state index contributed by atoms with van der Waals surface area (Å²) in [6.45, 7) is 1.12. The van der Waals surface area contributed by atoms with Crippen LogP contribution in [-0.2, 0) is 16.2 Å². The number of carbonyl (C=O) groups is 1. The Bertz CT molecular complexity index is 1020. The van der Waals surface area contributed by atoms with Crippen LogP contribution in [0.2, 0.25) is 0 Å². The van der Waals surface area contributed by atoms with Gasteiger partial charge in [0.2, 0.25) is 0 Å². The predicted molar refractivity (Wildman–Crippen MR) is 100 cm³/mol. The zero-order valence-electron chi connectivity index (χ0n) is 15.1. The van der Waals surface area contributed by atoms with Crippen molar-refractivity contribution in [3.63, 3.8) is 0 Å². The number of likely N-dealkylation sites (tertiary alicyclic amines) is 1. The molecule has 1 atom stereocenters. The van der Waals surface area contributed by atoms with Crippen molar-refractivity contribution >= 4 is 33.0 Å². The summed E-state index contributed by atoms with van der Waals surface area (Å²) in [6, 6.07) is 3.77. The van der Waals surface area contributed by atoms with Gasteiger partial charge in [-0.2, -0.15) is 13.2 Å². The van der Waals surface area contributed by atoms with E-state index in [-0.39, 0.29) is 5.69 Å². The third kappa shape index (κ3) is 4.82. The van der Waals surface area contributed by atoms with Gasteiger partial charge in [0.1, 0.15) is 21.6 Å². The minimum absolute atomic E-state index is 0.165. The van der Waals surface area contributed by atoms with Crippen LogP contribution < -0.4 is 9.46 Å². The number of ether oxygens (including phenoxy) is 1. The molecule has 1 aliphatic heterocycles. The molecule has 0 radical (unpaired) electrons. The molecule has 2 N–H and O–H groups in total. The van der Waals surface area contributed by atoms with E-state index in [1.807, 2.05) is 11.9 Å². The van der Waals surface area contributed by atoms with Crippen LogP contribution in [0.1, 0.15) is 21.7 Å². The van der Waals surface area contributed by atoms with Gasteiger partial charge in [0.15, 0.2) is 0 Å². The molecule has 1 saturated heterocycles. The van der Waals surface area contributed by atoms with Crippen molar-refractivity contribution in [3.8, 4) is 5.75 Å². The molecule has 0 bridgehead atoms. The maximum absolute atomic E-state index is 13.3. The number of benzene rings is 1. The standard InChI is InChI=1S/C17H17F3N2O5S2/c1-22-6-4-11(9-22)27-13-8-10(2-3-12(13)17(18,19)20)21-29(25,26)14-5-7-28-15(14)16(23)24/h2-3,5,7-8,11,21H,4,6,9H2,1H3,(H,23,24)/t11-/m1/s1. The van der Waals surface area contributed by atoms with Crippen LogP contribution in [0.4, 0.5) is 18.9 Å². The van der Waals surface area contributed by atoms with Crippen LogP contribution in [0.15, 0.2) is 34.5 Å². The Morgan fingerprint density at radius 3 is 2.66 bits per heavy atom. The summed E-state index contributed by atoms with van der Waals surface area (Å²) >= 11 is 0.729. The fourth-order valence-corrected chi connectivity index (χ4v) is 5.27. The normalized spacial score (nSPS) is 18.0. The molecular formula is C17H17F3N2O5S2. The smallest absolute Gasteiger partial charge is 0.419 e. The lowest BCUT2D eigenvalue weighted by molar-refractivity contribution is -0.139. The van der Waals surface area contributed by atoms with Crippen LogP contribution in [-0.4, -0.2) is 50.6 Å². The average molecular weight is 450 g/mol. The number of aromatic carboxylic acids is 1. The molecule has 1 fully saturated rings. The molecule has 0 spiro atoms. The fraction of sp³-hybridized carbons (Fsp3) is 0.353. The largest absolute Gasteiger partial charge is 0.488 e. The number of thiophene rings is 1. The number of likely N-dealkylation sites (N-methyl/N-ethyl adjacent to an activating group) is 1. The van der Waals surface area contributed by atoms with Gasteiger partial charge in [-0.15, -0.1) is 11.3 Å². The highest BCUT2D eigenvalue weighted by Crippen LogP contribution is 2.39. The molecule has 2 heterocycles. The highest BCUT2D eigenvalue weighted by Gasteiger charge is 2.36. The second-order valence-corrected chi connectivity index (χ2v) is 9.09. The molecule has 29 heavy (non-hydrogen) atoms. The SMILES string of the molecule is CN1CC[C@@H](Oc2cc(NS(=O)(=O)c3ccsc3C(=O)O)ccc2C(F)(F)F)C1. The van der Waals surface area contributed by atoms with E-state index in [9.17, 15) is 26.4 Å². The molecule has 158 valence electrons. The third-order valence-electron chi connectivity index (χ3n) is 4.29. The van der Waals surface area contributed by atoms with E-state index >= 15 is 0 Å². The average Bonchev–Trinajstić information content (AvgIpc) is 3.23. The van der Waals surface area contributed by atoms with Gasteiger partial charge in [-0.1, -0.05) is 0 Å². The van der Waals surface area contributed by atoms with Crippen LogP contribution in [0, 0.1) is 0 Å². The highest BCUT2D eigenvalue weighted by molar-refractivity contribution is 7.93. The molecule has 3 rings (SSSR count). The number of hydrogen-bond donors (Lipinski definition) is 2. The predicted octanol–water partition coefficient (Wildman–Crippen LogP) is 3.35. The number of anilines is 1. The lowest BCUT2D eigenvalue weighted by Gasteiger charge is -2.19. The summed E-state index contributed by atoms with van der Waals surface area (Å²) < 4.78 is 72.7. The summed E-state index contributed by atoms with van der Waals surface area (Å²) in [7, 11) is -2.49. The molecule has 7 nitrogen and oxygen atoms in total. The van der Waals surface area contributed by atoms with Gasteiger partial charge < -0.3 is 14.7 Å². The number of nitrogens with zero attached hydrogens (tertiary/aromatic N) is 1. The van der Waals surface area contributed by atoms with Crippen LogP contribution in [0.5, 0.6) is 5.75 Å². The Morgan fingerprint density at radius 1 is 1.34 bits per heavy atom. The Morgan fingerprint density at radius 2 is 2.07 bits per heavy atom. The second kappa shape index (κ2) is 7.84. The first-order chi connectivity index (χ1) is 13.5. The van der Waals surface area contributed by atoms with Gasteiger partial charge in [-0.25, -0.2) is 13.2 Å². The molecule has 1 aromatic carbocycles. The summed E-state index contributed by atoms with van der Waals surface area (Å²) in [5, 5.41) is 10.4. The van der Waals surface area contributed by atoms with Crippen molar-refractivity contribution in [3.05, 3.63) is 40.1 Å². The van der Waals surface area contributed by atoms with E-state index in [1.165, 1.54) is 5.38 Å². The van der Waals surface area contributed by atoms with E-state index in [2.05, 4.69) is 4.72 Å². The molecule has 1 aromatic heterocycles. The Labute approximate surface area is 168 Å². The Balaban J connectivity index is 1.92. The van der Waals surface area contributed by atoms with Gasteiger partial charge in [0.25, 0.3) is 10.0 Å². The number of carboxylic acid groups (broad SMARTS) is 1. The maximum Gasteiger partial charge on any atom is 0.419 e. The second-order valence-electron chi connectivity index (χ2n) is 6.52. The summed E-state index contributed by atoms with van der Waals surface area (Å²) in [4.78, 5) is 12.2. The number of halogens is 3. The molecule has 0 unspecified atom stereocenters. The van der Waals surface area contributed by atoms with Crippen molar-refractivity contribution in [2.75, 3.05) is 24.9 Å². The van der Waals surface area contributed by atoms with Crippen molar-refractivity contribution in [1.29, 1.82) is 0 Å². The zero-order valence-corrected chi connectivity index (χ0v) is 16.7. The Hall–Kier alpha value is -2.31. The van der Waals surface area contributed by atoms with Gasteiger partial charge in [0.05, 0.1) is 11.3 Å². The number of rotatable bonds is 6. The molecule has 0 saturated carbocycles. The molecule has 2 aromatic rings. The van der Waals surface area contributed by atoms with Crippen molar-refractivity contribution < 1.29 is 36.2 Å². The number of sulfonamides is 1. The number of alkyl halides is 3. The maximum atomic E-state index is 13.3. The molecule has 0 aliphatic carbocycles. The number of carboxylic acids is 1. The minimum Gasteiger partial charge on any atom is -0.488 e.